The van der Waals surface area contributed by atoms with Crippen molar-refractivity contribution in [3.8, 4) is 0 Å². The van der Waals surface area contributed by atoms with Gasteiger partial charge in [-0.2, -0.15) is 57.1 Å². The topological polar surface area (TPSA) is 42.0 Å². The zero-order valence-electron chi connectivity index (χ0n) is 13.8. The number of hydrogen-bond donors (Lipinski definition) is 1. The van der Waals surface area contributed by atoms with Gasteiger partial charge in [0.15, 0.2) is 0 Å². The Balaban J connectivity index is 3.37. The molecule has 1 amide bonds. The van der Waals surface area contributed by atoms with E-state index in [9.17, 15) is 61.9 Å². The fraction of sp³-hybridized carbons (Fsp3) is 0.538. The fourth-order valence-corrected chi connectivity index (χ4v) is 1.95. The number of nitrogens with zero attached hydrogens (tertiary/aromatic N) is 1. The average Bonchev–Trinajstić information content (AvgIpc) is 2.51. The predicted molar refractivity (Wildman–Crippen MR) is 73.3 cm³/mol. The van der Waals surface area contributed by atoms with E-state index in [4.69, 9.17) is 11.6 Å². The summed E-state index contributed by atoms with van der Waals surface area (Å²) in [5.74, 6) is -38.2. The highest BCUT2D eigenvalue weighted by Crippen LogP contribution is 2.57. The number of rotatable bonds is 6. The van der Waals surface area contributed by atoms with E-state index in [1.807, 2.05) is 0 Å². The molecule has 0 aliphatic carbocycles. The first kappa shape index (κ1) is 26.0. The highest BCUT2D eigenvalue weighted by atomic mass is 35.5. The van der Waals surface area contributed by atoms with Crippen LogP contribution in [0.1, 0.15) is 12.6 Å². The molecule has 1 aromatic rings. The van der Waals surface area contributed by atoms with E-state index in [0.717, 1.165) is 0 Å². The Morgan fingerprint density at radius 2 is 1.30 bits per heavy atom. The SMILES string of the molecule is CC(F)(F)C(F)(F)C(F)(F)C(F)(F)C(F)(F)C(=O)Nc1cc(Cl)nc(C(F)(F)F)c1. The van der Waals surface area contributed by atoms with Crippen LogP contribution in [0.3, 0.4) is 0 Å². The molecule has 3 nitrogen and oxygen atoms in total. The highest BCUT2D eigenvalue weighted by molar-refractivity contribution is 6.29. The second-order valence-corrected chi connectivity index (χ2v) is 6.09. The molecule has 17 heteroatoms. The lowest BCUT2D eigenvalue weighted by Gasteiger charge is -2.37. The zero-order valence-corrected chi connectivity index (χ0v) is 14.6. The minimum absolute atomic E-state index is 0.190. The normalized spacial score (nSPS) is 14.6. The van der Waals surface area contributed by atoms with Crippen LogP contribution in [-0.2, 0) is 11.0 Å². The van der Waals surface area contributed by atoms with Gasteiger partial charge in [-0.15, -0.1) is 0 Å². The molecule has 1 heterocycles. The molecule has 1 rings (SSSR count). The van der Waals surface area contributed by atoms with Gasteiger partial charge in [0, 0.05) is 12.6 Å². The Labute approximate surface area is 162 Å². The lowest BCUT2D eigenvalue weighted by Crippen LogP contribution is -2.68. The molecule has 30 heavy (non-hydrogen) atoms. The van der Waals surface area contributed by atoms with Crippen LogP contribution in [0.2, 0.25) is 5.15 Å². The Bertz CT molecular complexity index is 816. The van der Waals surface area contributed by atoms with Gasteiger partial charge in [-0.1, -0.05) is 11.6 Å². The number of halogens is 14. The molecular formula is C13H6ClF13N2O. The van der Waals surface area contributed by atoms with Crippen LogP contribution < -0.4 is 5.32 Å². The van der Waals surface area contributed by atoms with E-state index >= 15 is 0 Å². The Hall–Kier alpha value is -2.00. The second kappa shape index (κ2) is 7.30. The first-order valence-electron chi connectivity index (χ1n) is 6.95. The summed E-state index contributed by atoms with van der Waals surface area (Å²) in [6, 6.07) is -0.0409. The summed E-state index contributed by atoms with van der Waals surface area (Å²) in [4.78, 5) is 14.0. The van der Waals surface area contributed by atoms with Crippen LogP contribution in [0.5, 0.6) is 0 Å². The summed E-state index contributed by atoms with van der Waals surface area (Å²) in [7, 11) is 0. The molecule has 0 spiro atoms. The Morgan fingerprint density at radius 3 is 1.70 bits per heavy atom. The number of carbonyl (C=O) groups is 1. The average molecular weight is 489 g/mol. The highest BCUT2D eigenvalue weighted by Gasteiger charge is 2.86. The summed E-state index contributed by atoms with van der Waals surface area (Å²) in [5, 5.41) is -0.482. The summed E-state index contributed by atoms with van der Waals surface area (Å²) < 4.78 is 170. The van der Waals surface area contributed by atoms with Crippen molar-refractivity contribution >= 4 is 23.2 Å². The zero-order chi connectivity index (χ0) is 24.1. The molecule has 0 saturated carbocycles. The van der Waals surface area contributed by atoms with Gasteiger partial charge in [-0.25, -0.2) is 4.98 Å². The fourth-order valence-electron chi connectivity index (χ4n) is 1.74. The van der Waals surface area contributed by atoms with Crippen molar-refractivity contribution in [2.45, 2.75) is 42.7 Å². The number of hydrogen-bond acceptors (Lipinski definition) is 2. The molecule has 0 aromatic carbocycles. The smallest absolute Gasteiger partial charge is 0.320 e. The number of carbonyl (C=O) groups excluding carboxylic acids is 1. The maximum absolute atomic E-state index is 13.6. The predicted octanol–water partition coefficient (Wildman–Crippen LogP) is 5.89. The summed E-state index contributed by atoms with van der Waals surface area (Å²) in [6.45, 7) is -0.965. The number of nitrogens with one attached hydrogen (secondary N) is 1. The van der Waals surface area contributed by atoms with Gasteiger partial charge in [-0.3, -0.25) is 4.79 Å². The molecule has 0 aliphatic rings. The molecule has 0 saturated heterocycles. The number of aromatic nitrogens is 1. The summed E-state index contributed by atoms with van der Waals surface area (Å²) in [6.07, 6.45) is -5.29. The standard InChI is InChI=1S/C13H6ClF13N2O/c1-8(15,16)11(22,23)13(26,27)12(24,25)9(17,18)7(30)28-4-2-5(10(19,20)21)29-6(14)3-4/h2-3H,1H3,(H,28,29,30). The Kier molecular flexibility index (Phi) is 6.34. The molecule has 1 N–H and O–H groups in total. The third-order valence-corrected chi connectivity index (χ3v) is 3.56. The third-order valence-electron chi connectivity index (χ3n) is 3.36. The van der Waals surface area contributed by atoms with Gasteiger partial charge in [0.25, 0.3) is 0 Å². The van der Waals surface area contributed by atoms with Crippen LogP contribution in [0.15, 0.2) is 12.1 Å². The molecule has 0 fully saturated rings. The van der Waals surface area contributed by atoms with Crippen LogP contribution in [0.4, 0.5) is 62.8 Å². The van der Waals surface area contributed by atoms with Gasteiger partial charge >= 0.3 is 41.7 Å². The molecular weight excluding hydrogens is 483 g/mol. The number of pyridine rings is 1. The second-order valence-electron chi connectivity index (χ2n) is 5.70. The maximum atomic E-state index is 13.6. The number of amides is 1. The van der Waals surface area contributed by atoms with Gasteiger partial charge in [0.2, 0.25) is 0 Å². The monoisotopic (exact) mass is 488 g/mol. The van der Waals surface area contributed by atoms with Gasteiger partial charge < -0.3 is 5.32 Å². The summed E-state index contributed by atoms with van der Waals surface area (Å²) in [5.41, 5.74) is -3.36. The van der Waals surface area contributed by atoms with Crippen molar-refractivity contribution in [3.63, 3.8) is 0 Å². The lowest BCUT2D eigenvalue weighted by molar-refractivity contribution is -0.391. The van der Waals surface area contributed by atoms with Gasteiger partial charge in [0.1, 0.15) is 10.8 Å². The largest absolute Gasteiger partial charge is 0.433 e. The lowest BCUT2D eigenvalue weighted by atomic mass is 9.94. The van der Waals surface area contributed by atoms with Crippen molar-refractivity contribution < 1.29 is 61.9 Å². The molecule has 0 unspecified atom stereocenters. The summed E-state index contributed by atoms with van der Waals surface area (Å²) >= 11 is 5.13. The van der Waals surface area contributed by atoms with E-state index in [1.54, 1.807) is 0 Å². The van der Waals surface area contributed by atoms with Crippen molar-refractivity contribution in [3.05, 3.63) is 23.0 Å². The van der Waals surface area contributed by atoms with Crippen molar-refractivity contribution in [1.29, 1.82) is 0 Å². The van der Waals surface area contributed by atoms with Crippen LogP contribution >= 0.6 is 11.6 Å². The van der Waals surface area contributed by atoms with E-state index in [1.165, 1.54) is 0 Å². The molecule has 1 aromatic heterocycles. The molecule has 0 radical (unpaired) electrons. The minimum atomic E-state index is -7.48. The van der Waals surface area contributed by atoms with Gasteiger partial charge in [-0.05, 0) is 12.1 Å². The van der Waals surface area contributed by atoms with E-state index < -0.39 is 65.2 Å². The van der Waals surface area contributed by atoms with Crippen LogP contribution in [-0.4, -0.2) is 40.5 Å². The first-order valence-corrected chi connectivity index (χ1v) is 7.33. The molecule has 172 valence electrons. The van der Waals surface area contributed by atoms with Crippen LogP contribution in [0.25, 0.3) is 0 Å². The van der Waals surface area contributed by atoms with Crippen molar-refractivity contribution in [1.82, 2.24) is 4.98 Å². The van der Waals surface area contributed by atoms with Crippen molar-refractivity contribution in [2.75, 3.05) is 5.32 Å². The van der Waals surface area contributed by atoms with Crippen LogP contribution in [0, 0.1) is 0 Å². The molecule has 0 bridgehead atoms. The quantitative estimate of drug-likeness (QED) is 0.401. The number of anilines is 1. The Morgan fingerprint density at radius 1 is 0.833 bits per heavy atom. The third kappa shape index (κ3) is 4.23. The number of alkyl halides is 13. The maximum Gasteiger partial charge on any atom is 0.433 e. The van der Waals surface area contributed by atoms with E-state index in [0.29, 0.717) is 5.32 Å². The first-order chi connectivity index (χ1) is 13.0. The van der Waals surface area contributed by atoms with Crippen molar-refractivity contribution in [2.24, 2.45) is 0 Å². The van der Waals surface area contributed by atoms with E-state index in [-0.39, 0.29) is 12.1 Å². The van der Waals surface area contributed by atoms with Gasteiger partial charge in [0.05, 0.1) is 0 Å². The molecule has 0 aliphatic heterocycles. The molecule has 0 atom stereocenters. The minimum Gasteiger partial charge on any atom is -0.320 e. The van der Waals surface area contributed by atoms with E-state index in [2.05, 4.69) is 4.98 Å².